The van der Waals surface area contributed by atoms with Crippen LogP contribution in [0.3, 0.4) is 0 Å². The van der Waals surface area contributed by atoms with Gasteiger partial charge in [-0.25, -0.2) is 0 Å². The average Bonchev–Trinajstić information content (AvgIpc) is 2.83. The van der Waals surface area contributed by atoms with Crippen LogP contribution in [0.25, 0.3) is 0 Å². The second-order valence-corrected chi connectivity index (χ2v) is 10.6. The summed E-state index contributed by atoms with van der Waals surface area (Å²) < 4.78 is 25.2. The molecule has 0 bridgehead atoms. The van der Waals surface area contributed by atoms with E-state index >= 15 is 0 Å². The number of esters is 1. The predicted molar refractivity (Wildman–Crippen MR) is 137 cm³/mol. The first-order valence-electron chi connectivity index (χ1n) is 14.0. The second kappa shape index (κ2) is 32.5. The summed E-state index contributed by atoms with van der Waals surface area (Å²) in [6, 6.07) is 0. The molecule has 0 fully saturated rings. The van der Waals surface area contributed by atoms with E-state index in [0.29, 0.717) is 13.1 Å². The van der Waals surface area contributed by atoms with E-state index < -0.39 is 20.5 Å². The number of phosphoric acid groups is 1. The molecule has 0 rings (SSSR count). The fourth-order valence-electron chi connectivity index (χ4n) is 3.94. The van der Waals surface area contributed by atoms with Crippen molar-refractivity contribution in [2.75, 3.05) is 26.3 Å². The Balaban J connectivity index is -0.00000612. The number of carbonyl (C=O) groups excluding carboxylic acids is 2. The monoisotopic (exact) mass is 581 g/mol. The van der Waals surface area contributed by atoms with Crippen molar-refractivity contribution in [2.24, 2.45) is 0 Å². The zero-order valence-corrected chi connectivity index (χ0v) is 29.3. The third-order valence-corrected chi connectivity index (χ3v) is 6.47. The van der Waals surface area contributed by atoms with Crippen LogP contribution in [0.2, 0.25) is 0 Å². The number of hydrogen-bond donors (Lipinski definition) is 1. The summed E-state index contributed by atoms with van der Waals surface area (Å²) in [5.74, 6) is -0.389. The van der Waals surface area contributed by atoms with E-state index in [1.165, 1.54) is 57.8 Å². The Morgan fingerprint density at radius 2 is 1.32 bits per heavy atom. The molecule has 0 aromatic carbocycles. The summed E-state index contributed by atoms with van der Waals surface area (Å²) in [6.07, 6.45) is 18.4. The van der Waals surface area contributed by atoms with Gasteiger partial charge in [0.2, 0.25) is 0 Å². The molecule has 0 aromatic rings. The van der Waals surface area contributed by atoms with Gasteiger partial charge in [-0.1, -0.05) is 96.8 Å². The van der Waals surface area contributed by atoms with Crippen LogP contribution in [-0.4, -0.2) is 44.8 Å². The fourth-order valence-corrected chi connectivity index (χ4v) is 4.29. The molecule has 0 aliphatic rings. The van der Waals surface area contributed by atoms with Gasteiger partial charge in [0.1, 0.15) is 6.10 Å². The summed E-state index contributed by atoms with van der Waals surface area (Å²) in [7, 11) is -5.11. The topological polar surface area (TPSA) is 137 Å². The molecular weight excluding hydrogens is 531 g/mol. The standard InChI is InChI=1S/C26H52NO8P.2Na/c1-2-3-4-5-10-13-16-19-26(29)35-25(23-34-36(30,31)32)22-27-20-17-14-11-8-6-7-9-12-15-18-21-33-24-28;;/h24-25,27H,2-23H2,1H3,(H2,30,31,32);;/q;2*+1/p-2/t25-;;/m0../s1. The van der Waals surface area contributed by atoms with Crippen molar-refractivity contribution in [3.8, 4) is 0 Å². The van der Waals surface area contributed by atoms with Crippen LogP contribution in [-0.2, 0) is 28.2 Å². The molecular formula is C26H50NNa2O8P. The van der Waals surface area contributed by atoms with E-state index in [4.69, 9.17) is 4.74 Å². The fraction of sp³-hybridized carbons (Fsp3) is 0.923. The first kappa shape index (κ1) is 43.5. The van der Waals surface area contributed by atoms with Gasteiger partial charge in [-0.2, -0.15) is 0 Å². The number of phosphoric ester groups is 1. The van der Waals surface area contributed by atoms with Crippen molar-refractivity contribution in [1.82, 2.24) is 5.32 Å². The zero-order chi connectivity index (χ0) is 26.7. The Kier molecular flexibility index (Phi) is 37.2. The van der Waals surface area contributed by atoms with Gasteiger partial charge in [0.25, 0.3) is 6.47 Å². The summed E-state index contributed by atoms with van der Waals surface area (Å²) >= 11 is 0. The summed E-state index contributed by atoms with van der Waals surface area (Å²) in [6.45, 7) is 3.71. The molecule has 12 heteroatoms. The second-order valence-electron chi connectivity index (χ2n) is 9.43. The number of hydrogen-bond acceptors (Lipinski definition) is 9. The number of nitrogens with one attached hydrogen (secondary N) is 1. The minimum atomic E-state index is -5.11. The Morgan fingerprint density at radius 3 is 1.84 bits per heavy atom. The van der Waals surface area contributed by atoms with Crippen LogP contribution in [0.1, 0.15) is 122 Å². The normalized spacial score (nSPS) is 11.8. The molecule has 0 aromatic heterocycles. The van der Waals surface area contributed by atoms with Crippen LogP contribution >= 0.6 is 7.82 Å². The molecule has 214 valence electrons. The Bertz CT molecular complexity index is 569. The quantitative estimate of drug-likeness (QED) is 0.0387. The molecule has 0 saturated heterocycles. The van der Waals surface area contributed by atoms with Crippen molar-refractivity contribution in [3.63, 3.8) is 0 Å². The molecule has 0 spiro atoms. The minimum Gasteiger partial charge on any atom is -0.790 e. The van der Waals surface area contributed by atoms with E-state index in [0.717, 1.165) is 57.9 Å². The van der Waals surface area contributed by atoms with Crippen molar-refractivity contribution < 1.29 is 97.1 Å². The summed E-state index contributed by atoms with van der Waals surface area (Å²) in [5.41, 5.74) is 0. The molecule has 0 aliphatic carbocycles. The maximum Gasteiger partial charge on any atom is 1.00 e. The van der Waals surface area contributed by atoms with E-state index in [9.17, 15) is 23.9 Å². The SMILES string of the molecule is CCCCCCCCCC(=O)O[C@@H](CNCCCCCCCCCCCCOC=O)COP(=O)([O-])[O-].[Na+].[Na+]. The third-order valence-electron chi connectivity index (χ3n) is 6.01. The first-order valence-corrected chi connectivity index (χ1v) is 15.5. The van der Waals surface area contributed by atoms with Crippen molar-refractivity contribution in [2.45, 2.75) is 129 Å². The molecule has 9 nitrogen and oxygen atoms in total. The van der Waals surface area contributed by atoms with E-state index in [1.54, 1.807) is 0 Å². The van der Waals surface area contributed by atoms with Crippen LogP contribution in [0.15, 0.2) is 0 Å². The summed E-state index contributed by atoms with van der Waals surface area (Å²) in [5, 5.41) is 3.18. The molecule has 0 unspecified atom stereocenters. The Hall–Kier alpha value is 1.01. The van der Waals surface area contributed by atoms with Gasteiger partial charge in [-0.3, -0.25) is 9.59 Å². The van der Waals surface area contributed by atoms with Crippen molar-refractivity contribution in [1.29, 1.82) is 0 Å². The van der Waals surface area contributed by atoms with Gasteiger partial charge >= 0.3 is 65.1 Å². The van der Waals surface area contributed by atoms with Gasteiger partial charge in [0.15, 0.2) is 0 Å². The predicted octanol–water partition coefficient (Wildman–Crippen LogP) is -1.44. The van der Waals surface area contributed by atoms with Gasteiger partial charge < -0.3 is 33.7 Å². The van der Waals surface area contributed by atoms with Crippen LogP contribution in [0.5, 0.6) is 0 Å². The summed E-state index contributed by atoms with van der Waals surface area (Å²) in [4.78, 5) is 43.8. The number of ether oxygens (including phenoxy) is 2. The molecule has 38 heavy (non-hydrogen) atoms. The average molecular weight is 582 g/mol. The molecule has 1 atom stereocenters. The number of rotatable bonds is 28. The smallest absolute Gasteiger partial charge is 0.790 e. The van der Waals surface area contributed by atoms with E-state index in [-0.39, 0.29) is 78.0 Å². The van der Waals surface area contributed by atoms with E-state index in [2.05, 4.69) is 21.5 Å². The van der Waals surface area contributed by atoms with Crippen LogP contribution in [0, 0.1) is 0 Å². The van der Waals surface area contributed by atoms with Crippen molar-refractivity contribution >= 4 is 20.3 Å². The zero-order valence-electron chi connectivity index (χ0n) is 24.4. The molecule has 0 radical (unpaired) electrons. The maximum atomic E-state index is 12.1. The van der Waals surface area contributed by atoms with Crippen LogP contribution in [0.4, 0.5) is 0 Å². The Labute approximate surface area is 275 Å². The van der Waals surface area contributed by atoms with Gasteiger partial charge in [0, 0.05) is 13.0 Å². The largest absolute Gasteiger partial charge is 1.00 e. The molecule has 0 heterocycles. The third kappa shape index (κ3) is 35.0. The molecule has 0 aliphatic heterocycles. The van der Waals surface area contributed by atoms with E-state index in [1.807, 2.05) is 0 Å². The molecule has 0 amide bonds. The van der Waals surface area contributed by atoms with Gasteiger partial charge in [-0.05, 0) is 25.8 Å². The molecule has 0 saturated carbocycles. The van der Waals surface area contributed by atoms with Gasteiger partial charge in [-0.15, -0.1) is 0 Å². The van der Waals surface area contributed by atoms with Gasteiger partial charge in [0.05, 0.1) is 21.0 Å². The Morgan fingerprint density at radius 1 is 0.816 bits per heavy atom. The first-order chi connectivity index (χ1) is 17.4. The number of unbranched alkanes of at least 4 members (excludes halogenated alkanes) is 15. The number of carbonyl (C=O) groups is 2. The molecule has 1 N–H and O–H groups in total. The maximum absolute atomic E-state index is 12.1. The van der Waals surface area contributed by atoms with Crippen LogP contribution < -0.4 is 74.2 Å². The van der Waals surface area contributed by atoms with Crippen molar-refractivity contribution in [3.05, 3.63) is 0 Å². The minimum absolute atomic E-state index is 0.